The van der Waals surface area contributed by atoms with Gasteiger partial charge in [0.15, 0.2) is 0 Å². The van der Waals surface area contributed by atoms with E-state index >= 15 is 0 Å². The highest BCUT2D eigenvalue weighted by Gasteiger charge is 2.09. The monoisotopic (exact) mass is 290 g/mol. The second-order valence-corrected chi connectivity index (χ2v) is 5.34. The Balaban J connectivity index is 1.93. The second kappa shape index (κ2) is 8.12. The number of nitrogens with one attached hydrogen (secondary N) is 1. The molecule has 0 amide bonds. The summed E-state index contributed by atoms with van der Waals surface area (Å²) in [4.78, 5) is 4.59. The molecule has 0 aliphatic heterocycles. The summed E-state index contributed by atoms with van der Waals surface area (Å²) >= 11 is 0. The molecule has 0 aliphatic rings. The van der Waals surface area contributed by atoms with Gasteiger partial charge in [-0.3, -0.25) is 0 Å². The first-order valence-corrected chi connectivity index (χ1v) is 7.60. The minimum absolute atomic E-state index is 0.369. The number of benzene rings is 1. The van der Waals surface area contributed by atoms with E-state index in [2.05, 4.69) is 40.0 Å². The lowest BCUT2D eigenvalue weighted by Gasteiger charge is -2.18. The standard InChI is InChI=1S/C16H26N4O/c1-13-19-15-7-3-4-8-16(15)20(13)11-10-18-14(12-21-2)6-5-9-17/h3-4,7-8,14,18H,5-6,9-12,17H2,1-2H3. The van der Waals surface area contributed by atoms with Crippen LogP contribution in [0.5, 0.6) is 0 Å². The minimum Gasteiger partial charge on any atom is -0.383 e. The van der Waals surface area contributed by atoms with Crippen LogP contribution in [0.15, 0.2) is 24.3 Å². The van der Waals surface area contributed by atoms with E-state index in [1.807, 2.05) is 6.07 Å². The number of nitrogens with two attached hydrogens (primary N) is 1. The number of fused-ring (bicyclic) bond motifs is 1. The summed E-state index contributed by atoms with van der Waals surface area (Å²) in [5.74, 6) is 1.06. The molecule has 1 aromatic carbocycles. The Labute approximate surface area is 126 Å². The van der Waals surface area contributed by atoms with Gasteiger partial charge in [-0.15, -0.1) is 0 Å². The van der Waals surface area contributed by atoms with E-state index in [0.717, 1.165) is 50.4 Å². The van der Waals surface area contributed by atoms with E-state index in [9.17, 15) is 0 Å². The van der Waals surface area contributed by atoms with Crippen LogP contribution in [0, 0.1) is 6.92 Å². The quantitative estimate of drug-likeness (QED) is 0.737. The van der Waals surface area contributed by atoms with Crippen LogP contribution in [0.1, 0.15) is 18.7 Å². The molecule has 0 fully saturated rings. The lowest BCUT2D eigenvalue weighted by Crippen LogP contribution is -2.36. The normalized spacial score (nSPS) is 12.9. The largest absolute Gasteiger partial charge is 0.383 e. The Bertz CT molecular complexity index is 552. The fourth-order valence-corrected chi connectivity index (χ4v) is 2.67. The maximum absolute atomic E-state index is 5.58. The molecule has 1 aromatic heterocycles. The predicted octanol–water partition coefficient (Wildman–Crippen LogP) is 1.69. The van der Waals surface area contributed by atoms with Gasteiger partial charge in [0.25, 0.3) is 0 Å². The summed E-state index contributed by atoms with van der Waals surface area (Å²) in [5.41, 5.74) is 7.84. The summed E-state index contributed by atoms with van der Waals surface area (Å²) in [6.45, 7) is 5.33. The number of aryl methyl sites for hydroxylation is 1. The number of hydrogen-bond acceptors (Lipinski definition) is 4. The third kappa shape index (κ3) is 4.27. The molecule has 0 radical (unpaired) electrons. The number of rotatable bonds is 9. The average molecular weight is 290 g/mol. The zero-order chi connectivity index (χ0) is 15.1. The number of aromatic nitrogens is 2. The smallest absolute Gasteiger partial charge is 0.106 e. The van der Waals surface area contributed by atoms with Crippen LogP contribution in [0.3, 0.4) is 0 Å². The summed E-state index contributed by atoms with van der Waals surface area (Å²) in [7, 11) is 1.74. The topological polar surface area (TPSA) is 65.1 Å². The van der Waals surface area contributed by atoms with Crippen molar-refractivity contribution < 1.29 is 4.74 Å². The Morgan fingerprint density at radius 3 is 2.95 bits per heavy atom. The molecule has 1 unspecified atom stereocenters. The zero-order valence-electron chi connectivity index (χ0n) is 13.0. The van der Waals surface area contributed by atoms with E-state index in [0.29, 0.717) is 6.04 Å². The number of para-hydroxylation sites is 2. The number of methoxy groups -OCH3 is 1. The van der Waals surface area contributed by atoms with Gasteiger partial charge in [-0.25, -0.2) is 4.98 Å². The first-order chi connectivity index (χ1) is 10.3. The zero-order valence-corrected chi connectivity index (χ0v) is 13.0. The molecule has 0 aliphatic carbocycles. The van der Waals surface area contributed by atoms with E-state index in [-0.39, 0.29) is 0 Å². The number of nitrogens with zero attached hydrogens (tertiary/aromatic N) is 2. The predicted molar refractivity (Wildman–Crippen MR) is 86.4 cm³/mol. The molecular weight excluding hydrogens is 264 g/mol. The molecule has 2 rings (SSSR count). The van der Waals surface area contributed by atoms with E-state index in [1.54, 1.807) is 7.11 Å². The van der Waals surface area contributed by atoms with Crippen molar-refractivity contribution in [1.82, 2.24) is 14.9 Å². The van der Waals surface area contributed by atoms with Crippen LogP contribution < -0.4 is 11.1 Å². The van der Waals surface area contributed by atoms with Crippen molar-refractivity contribution >= 4 is 11.0 Å². The first kappa shape index (κ1) is 15.9. The SMILES string of the molecule is COCC(CCCN)NCCn1c(C)nc2ccccc21. The Kier molecular flexibility index (Phi) is 6.17. The van der Waals surface area contributed by atoms with Crippen molar-refractivity contribution in [2.45, 2.75) is 32.4 Å². The molecule has 1 heterocycles. The first-order valence-electron chi connectivity index (χ1n) is 7.60. The van der Waals surface area contributed by atoms with Gasteiger partial charge >= 0.3 is 0 Å². The van der Waals surface area contributed by atoms with Gasteiger partial charge in [0.05, 0.1) is 17.6 Å². The number of ether oxygens (including phenoxy) is 1. The summed E-state index contributed by atoms with van der Waals surface area (Å²) in [5, 5.41) is 3.56. The molecule has 116 valence electrons. The summed E-state index contributed by atoms with van der Waals surface area (Å²) < 4.78 is 7.52. The van der Waals surface area contributed by atoms with Crippen LogP contribution in [0.4, 0.5) is 0 Å². The molecule has 2 aromatic rings. The fraction of sp³-hybridized carbons (Fsp3) is 0.562. The summed E-state index contributed by atoms with van der Waals surface area (Å²) in [6.07, 6.45) is 2.07. The van der Waals surface area contributed by atoms with Crippen LogP contribution >= 0.6 is 0 Å². The Morgan fingerprint density at radius 1 is 1.38 bits per heavy atom. The molecule has 1 atom stereocenters. The van der Waals surface area contributed by atoms with Crippen molar-refractivity contribution in [2.75, 3.05) is 26.8 Å². The lowest BCUT2D eigenvalue weighted by atomic mass is 10.1. The molecule has 21 heavy (non-hydrogen) atoms. The van der Waals surface area contributed by atoms with Crippen molar-refractivity contribution in [2.24, 2.45) is 5.73 Å². The lowest BCUT2D eigenvalue weighted by molar-refractivity contribution is 0.161. The molecule has 3 N–H and O–H groups in total. The highest BCUT2D eigenvalue weighted by molar-refractivity contribution is 5.75. The van der Waals surface area contributed by atoms with Gasteiger partial charge in [0, 0.05) is 26.2 Å². The average Bonchev–Trinajstić information content (AvgIpc) is 2.81. The van der Waals surface area contributed by atoms with E-state index in [1.165, 1.54) is 5.52 Å². The molecule has 0 spiro atoms. The van der Waals surface area contributed by atoms with Crippen molar-refractivity contribution in [3.05, 3.63) is 30.1 Å². The van der Waals surface area contributed by atoms with Crippen LogP contribution in [-0.2, 0) is 11.3 Å². The minimum atomic E-state index is 0.369. The maximum atomic E-state index is 5.58. The summed E-state index contributed by atoms with van der Waals surface area (Å²) in [6, 6.07) is 8.63. The third-order valence-corrected chi connectivity index (χ3v) is 3.74. The van der Waals surface area contributed by atoms with Crippen molar-refractivity contribution in [3.8, 4) is 0 Å². The van der Waals surface area contributed by atoms with Gasteiger partial charge in [-0.2, -0.15) is 0 Å². The van der Waals surface area contributed by atoms with Crippen LogP contribution in [-0.4, -0.2) is 42.4 Å². The fourth-order valence-electron chi connectivity index (χ4n) is 2.67. The molecule has 0 saturated carbocycles. The third-order valence-electron chi connectivity index (χ3n) is 3.74. The van der Waals surface area contributed by atoms with Gasteiger partial charge in [-0.1, -0.05) is 12.1 Å². The molecule has 5 nitrogen and oxygen atoms in total. The van der Waals surface area contributed by atoms with Gasteiger partial charge in [0.2, 0.25) is 0 Å². The molecular formula is C16H26N4O. The highest BCUT2D eigenvalue weighted by atomic mass is 16.5. The molecule has 0 saturated heterocycles. The number of hydrogen-bond donors (Lipinski definition) is 2. The molecule has 0 bridgehead atoms. The highest BCUT2D eigenvalue weighted by Crippen LogP contribution is 2.14. The van der Waals surface area contributed by atoms with Gasteiger partial charge in [0.1, 0.15) is 5.82 Å². The van der Waals surface area contributed by atoms with Crippen LogP contribution in [0.25, 0.3) is 11.0 Å². The Hall–Kier alpha value is -1.43. The maximum Gasteiger partial charge on any atom is 0.106 e. The van der Waals surface area contributed by atoms with Crippen molar-refractivity contribution in [1.29, 1.82) is 0 Å². The number of imidazole rings is 1. The second-order valence-electron chi connectivity index (χ2n) is 5.34. The van der Waals surface area contributed by atoms with Crippen molar-refractivity contribution in [3.63, 3.8) is 0 Å². The van der Waals surface area contributed by atoms with E-state index in [4.69, 9.17) is 10.5 Å². The van der Waals surface area contributed by atoms with Gasteiger partial charge < -0.3 is 20.4 Å². The Morgan fingerprint density at radius 2 is 2.19 bits per heavy atom. The van der Waals surface area contributed by atoms with Gasteiger partial charge in [-0.05, 0) is 38.4 Å². The van der Waals surface area contributed by atoms with Crippen LogP contribution in [0.2, 0.25) is 0 Å². The molecule has 5 heteroatoms. The van der Waals surface area contributed by atoms with E-state index < -0.39 is 0 Å².